The van der Waals surface area contributed by atoms with Gasteiger partial charge in [-0.15, -0.1) is 0 Å². The lowest BCUT2D eigenvalue weighted by Crippen LogP contribution is -2.22. The highest BCUT2D eigenvalue weighted by Crippen LogP contribution is 2.20. The minimum Gasteiger partial charge on any atom is -0.279 e. The van der Waals surface area contributed by atoms with Crippen molar-refractivity contribution in [1.29, 1.82) is 10.5 Å². The molecule has 1 atom stereocenters. The molecule has 0 aliphatic carbocycles. The van der Waals surface area contributed by atoms with Gasteiger partial charge in [-0.25, -0.2) is 0 Å². The SMILES string of the molecule is CC(C)(C#N)N=NC(C)(C#N)CCCOCl. The van der Waals surface area contributed by atoms with E-state index in [4.69, 9.17) is 22.4 Å². The molecule has 0 aromatic carbocycles. The molecule has 0 aliphatic heterocycles. The summed E-state index contributed by atoms with van der Waals surface area (Å²) in [5.41, 5.74) is -1.83. The van der Waals surface area contributed by atoms with E-state index in [1.54, 1.807) is 20.8 Å². The summed E-state index contributed by atoms with van der Waals surface area (Å²) >= 11 is 5.07. The Morgan fingerprint density at radius 3 is 2.25 bits per heavy atom. The first kappa shape index (κ1) is 14.8. The van der Waals surface area contributed by atoms with Gasteiger partial charge in [0.05, 0.1) is 30.6 Å². The summed E-state index contributed by atoms with van der Waals surface area (Å²) in [5, 5.41) is 25.5. The number of nitriles is 2. The van der Waals surface area contributed by atoms with Crippen LogP contribution in [-0.2, 0) is 4.29 Å². The molecule has 5 nitrogen and oxygen atoms in total. The van der Waals surface area contributed by atoms with Crippen LogP contribution in [0.5, 0.6) is 0 Å². The second-order valence-corrected chi connectivity index (χ2v) is 4.39. The maximum absolute atomic E-state index is 8.99. The third kappa shape index (κ3) is 5.65. The van der Waals surface area contributed by atoms with Crippen LogP contribution in [0.4, 0.5) is 0 Å². The summed E-state index contributed by atoms with van der Waals surface area (Å²) in [6, 6.07) is 4.06. The third-order valence-electron chi connectivity index (χ3n) is 1.92. The van der Waals surface area contributed by atoms with E-state index in [-0.39, 0.29) is 0 Å². The summed E-state index contributed by atoms with van der Waals surface area (Å²) in [7, 11) is 0. The van der Waals surface area contributed by atoms with Gasteiger partial charge in [-0.2, -0.15) is 20.8 Å². The standard InChI is InChI=1S/C10H15ClN4O/c1-9(2,7-12)14-15-10(3,8-13)5-4-6-16-11/h4-6H2,1-3H3. The first-order valence-corrected chi connectivity index (χ1v) is 5.20. The van der Waals surface area contributed by atoms with Crippen LogP contribution in [-0.4, -0.2) is 17.7 Å². The molecular weight excluding hydrogens is 228 g/mol. The smallest absolute Gasteiger partial charge is 0.164 e. The number of azo groups is 1. The van der Waals surface area contributed by atoms with Crippen molar-refractivity contribution < 1.29 is 4.29 Å². The van der Waals surface area contributed by atoms with Gasteiger partial charge < -0.3 is 0 Å². The largest absolute Gasteiger partial charge is 0.279 e. The maximum Gasteiger partial charge on any atom is 0.164 e. The molecule has 0 rings (SSSR count). The van der Waals surface area contributed by atoms with Crippen LogP contribution in [0.1, 0.15) is 33.6 Å². The molecule has 0 saturated carbocycles. The molecule has 0 aromatic heterocycles. The molecule has 0 amide bonds. The fraction of sp³-hybridized carbons (Fsp3) is 0.800. The van der Waals surface area contributed by atoms with Crippen LogP contribution in [0, 0.1) is 22.7 Å². The summed E-state index contributed by atoms with van der Waals surface area (Å²) in [6.45, 7) is 5.29. The zero-order valence-electron chi connectivity index (χ0n) is 9.70. The Bertz CT molecular complexity index is 329. The van der Waals surface area contributed by atoms with Crippen molar-refractivity contribution >= 4 is 11.9 Å². The van der Waals surface area contributed by atoms with Crippen LogP contribution in [0.15, 0.2) is 10.2 Å². The molecule has 16 heavy (non-hydrogen) atoms. The first-order chi connectivity index (χ1) is 7.39. The van der Waals surface area contributed by atoms with Gasteiger partial charge in [-0.1, -0.05) is 0 Å². The summed E-state index contributed by atoms with van der Waals surface area (Å²) in [6.07, 6.45) is 1.10. The zero-order valence-corrected chi connectivity index (χ0v) is 10.5. The molecule has 0 aliphatic rings. The average Bonchev–Trinajstić information content (AvgIpc) is 2.27. The highest BCUT2D eigenvalue weighted by atomic mass is 35.5. The van der Waals surface area contributed by atoms with E-state index >= 15 is 0 Å². The van der Waals surface area contributed by atoms with Crippen molar-refractivity contribution in [2.24, 2.45) is 10.2 Å². The van der Waals surface area contributed by atoms with E-state index < -0.39 is 11.1 Å². The maximum atomic E-state index is 8.99. The second kappa shape index (κ2) is 6.42. The molecule has 0 fully saturated rings. The van der Waals surface area contributed by atoms with Gasteiger partial charge in [0.2, 0.25) is 0 Å². The van der Waals surface area contributed by atoms with E-state index in [9.17, 15) is 0 Å². The summed E-state index contributed by atoms with van der Waals surface area (Å²) in [4.78, 5) is 0. The molecular formula is C10H15ClN4O. The zero-order chi connectivity index (χ0) is 12.7. The van der Waals surface area contributed by atoms with Crippen LogP contribution in [0.25, 0.3) is 0 Å². The van der Waals surface area contributed by atoms with E-state index in [2.05, 4.69) is 20.6 Å². The number of halogens is 1. The lowest BCUT2D eigenvalue weighted by atomic mass is 9.99. The van der Waals surface area contributed by atoms with Crippen molar-refractivity contribution in [3.63, 3.8) is 0 Å². The Morgan fingerprint density at radius 1 is 1.19 bits per heavy atom. The van der Waals surface area contributed by atoms with Crippen molar-refractivity contribution in [1.82, 2.24) is 0 Å². The van der Waals surface area contributed by atoms with Gasteiger partial charge in [-0.3, -0.25) is 4.29 Å². The van der Waals surface area contributed by atoms with E-state index in [0.717, 1.165) is 0 Å². The molecule has 0 radical (unpaired) electrons. The molecule has 1 unspecified atom stereocenters. The predicted octanol–water partition coefficient (Wildman–Crippen LogP) is 2.97. The Morgan fingerprint density at radius 2 is 1.81 bits per heavy atom. The average molecular weight is 243 g/mol. The normalized spacial score (nSPS) is 15.4. The summed E-state index contributed by atoms with van der Waals surface area (Å²) in [5.74, 6) is 0. The monoisotopic (exact) mass is 242 g/mol. The van der Waals surface area contributed by atoms with Crippen LogP contribution in [0.3, 0.4) is 0 Å². The summed E-state index contributed by atoms with van der Waals surface area (Å²) < 4.78 is 4.39. The van der Waals surface area contributed by atoms with Crippen molar-refractivity contribution in [2.75, 3.05) is 6.61 Å². The van der Waals surface area contributed by atoms with Gasteiger partial charge in [-0.05, 0) is 33.6 Å². The third-order valence-corrected chi connectivity index (χ3v) is 2.07. The first-order valence-electron chi connectivity index (χ1n) is 4.89. The van der Waals surface area contributed by atoms with Crippen LogP contribution in [0.2, 0.25) is 0 Å². The number of hydrogen-bond acceptors (Lipinski definition) is 5. The van der Waals surface area contributed by atoms with Crippen molar-refractivity contribution in [3.8, 4) is 12.1 Å². The number of rotatable bonds is 6. The quantitative estimate of drug-likeness (QED) is 0.530. The Kier molecular flexibility index (Phi) is 5.95. The molecule has 0 bridgehead atoms. The molecule has 0 heterocycles. The fourth-order valence-electron chi connectivity index (χ4n) is 0.857. The lowest BCUT2D eigenvalue weighted by molar-refractivity contribution is 0.320. The predicted molar refractivity (Wildman–Crippen MR) is 59.6 cm³/mol. The lowest BCUT2D eigenvalue weighted by Gasteiger charge is -2.16. The molecule has 0 spiro atoms. The molecule has 6 heteroatoms. The highest BCUT2D eigenvalue weighted by Gasteiger charge is 2.25. The molecule has 0 saturated heterocycles. The minimum atomic E-state index is -0.927. The van der Waals surface area contributed by atoms with E-state index in [0.29, 0.717) is 19.4 Å². The Labute approximate surface area is 101 Å². The topological polar surface area (TPSA) is 81.5 Å². The van der Waals surface area contributed by atoms with Gasteiger partial charge >= 0.3 is 0 Å². The Balaban J connectivity index is 4.51. The second-order valence-electron chi connectivity index (χ2n) is 4.17. The highest BCUT2D eigenvalue weighted by molar-refractivity contribution is 6.07. The van der Waals surface area contributed by atoms with Gasteiger partial charge in [0.1, 0.15) is 0 Å². The molecule has 0 aromatic rings. The molecule has 0 N–H and O–H groups in total. The van der Waals surface area contributed by atoms with E-state index in [1.165, 1.54) is 0 Å². The number of hydrogen-bond donors (Lipinski definition) is 0. The number of nitrogens with zero attached hydrogens (tertiary/aromatic N) is 4. The van der Waals surface area contributed by atoms with Crippen LogP contribution >= 0.6 is 11.9 Å². The van der Waals surface area contributed by atoms with Gasteiger partial charge in [0.15, 0.2) is 11.1 Å². The minimum absolute atomic E-state index is 0.357. The Hall–Kier alpha value is -1.17. The molecule has 88 valence electrons. The van der Waals surface area contributed by atoms with E-state index in [1.807, 2.05) is 6.07 Å². The van der Waals surface area contributed by atoms with Crippen molar-refractivity contribution in [3.05, 3.63) is 0 Å². The van der Waals surface area contributed by atoms with Crippen LogP contribution < -0.4 is 0 Å². The van der Waals surface area contributed by atoms with Gasteiger partial charge in [0, 0.05) is 0 Å². The van der Waals surface area contributed by atoms with Gasteiger partial charge in [0.25, 0.3) is 0 Å². The van der Waals surface area contributed by atoms with Crippen molar-refractivity contribution in [2.45, 2.75) is 44.7 Å². The fourth-order valence-corrected chi connectivity index (χ4v) is 0.966.